The number of nitrogens with zero attached hydrogens (tertiary/aromatic N) is 2. The fourth-order valence-electron chi connectivity index (χ4n) is 1.91. The van der Waals surface area contributed by atoms with Crippen LogP contribution in [0.3, 0.4) is 0 Å². The minimum Gasteiger partial charge on any atom is -0.449 e. The summed E-state index contributed by atoms with van der Waals surface area (Å²) >= 11 is 5.88. The Bertz CT molecular complexity index is 749. The standard InChI is InChI=1S/C17H18ClN3O3/c1-11(16(22)20-14-8-5-9-19-15(14)18)24-17(23)12-6-4-7-13(10-12)21(2)3/h4-11H,1-3H3,(H,20,22). The third-order valence-electron chi connectivity index (χ3n) is 3.27. The Morgan fingerprint density at radius 2 is 2.00 bits per heavy atom. The molecule has 0 bridgehead atoms. The van der Waals surface area contributed by atoms with Crippen molar-refractivity contribution in [2.45, 2.75) is 13.0 Å². The van der Waals surface area contributed by atoms with Crippen molar-refractivity contribution in [3.05, 3.63) is 53.3 Å². The molecule has 6 nitrogen and oxygen atoms in total. The number of carbonyl (C=O) groups excluding carboxylic acids is 2. The van der Waals surface area contributed by atoms with Gasteiger partial charge >= 0.3 is 5.97 Å². The van der Waals surface area contributed by atoms with Crippen LogP contribution in [0.2, 0.25) is 5.15 Å². The lowest BCUT2D eigenvalue weighted by Gasteiger charge is -2.16. The van der Waals surface area contributed by atoms with Crippen LogP contribution in [0.15, 0.2) is 42.6 Å². The average molecular weight is 348 g/mol. The zero-order valence-corrected chi connectivity index (χ0v) is 14.4. The molecule has 1 aromatic heterocycles. The predicted molar refractivity (Wildman–Crippen MR) is 93.5 cm³/mol. The van der Waals surface area contributed by atoms with E-state index in [-0.39, 0.29) is 5.15 Å². The Labute approximate surface area is 145 Å². The predicted octanol–water partition coefficient (Wildman–Crippen LogP) is 2.99. The van der Waals surface area contributed by atoms with Gasteiger partial charge in [-0.15, -0.1) is 0 Å². The number of anilines is 2. The third-order valence-corrected chi connectivity index (χ3v) is 3.57. The monoisotopic (exact) mass is 347 g/mol. The van der Waals surface area contributed by atoms with Crippen LogP contribution in [0, 0.1) is 0 Å². The molecule has 1 amide bonds. The number of carbonyl (C=O) groups is 2. The SMILES string of the molecule is CC(OC(=O)c1cccc(N(C)C)c1)C(=O)Nc1cccnc1Cl. The smallest absolute Gasteiger partial charge is 0.338 e. The van der Waals surface area contributed by atoms with E-state index in [0.717, 1.165) is 5.69 Å². The van der Waals surface area contributed by atoms with E-state index in [1.807, 2.05) is 25.1 Å². The van der Waals surface area contributed by atoms with Gasteiger partial charge in [0, 0.05) is 26.0 Å². The van der Waals surface area contributed by atoms with E-state index in [2.05, 4.69) is 10.3 Å². The maximum Gasteiger partial charge on any atom is 0.338 e. The van der Waals surface area contributed by atoms with Crippen LogP contribution in [0.25, 0.3) is 0 Å². The van der Waals surface area contributed by atoms with E-state index < -0.39 is 18.0 Å². The first-order valence-corrected chi connectivity index (χ1v) is 7.66. The van der Waals surface area contributed by atoms with Crippen molar-refractivity contribution >= 4 is 34.9 Å². The first-order chi connectivity index (χ1) is 11.4. The van der Waals surface area contributed by atoms with Gasteiger partial charge in [0.1, 0.15) is 0 Å². The van der Waals surface area contributed by atoms with Crippen molar-refractivity contribution in [3.63, 3.8) is 0 Å². The molecule has 0 aliphatic rings. The Hall–Kier alpha value is -2.60. The van der Waals surface area contributed by atoms with Crippen LogP contribution in [-0.4, -0.2) is 37.1 Å². The summed E-state index contributed by atoms with van der Waals surface area (Å²) < 4.78 is 5.21. The third kappa shape index (κ3) is 4.45. The van der Waals surface area contributed by atoms with Crippen molar-refractivity contribution in [3.8, 4) is 0 Å². The summed E-state index contributed by atoms with van der Waals surface area (Å²) in [6.07, 6.45) is 0.538. The van der Waals surface area contributed by atoms with Gasteiger partial charge in [-0.05, 0) is 37.3 Å². The van der Waals surface area contributed by atoms with Crippen LogP contribution < -0.4 is 10.2 Å². The highest BCUT2D eigenvalue weighted by molar-refractivity contribution is 6.32. The Kier molecular flexibility index (Phi) is 5.76. The minimum absolute atomic E-state index is 0.170. The molecule has 0 spiro atoms. The summed E-state index contributed by atoms with van der Waals surface area (Å²) in [4.78, 5) is 30.1. The number of hydrogen-bond acceptors (Lipinski definition) is 5. The highest BCUT2D eigenvalue weighted by Crippen LogP contribution is 2.18. The number of esters is 1. The van der Waals surface area contributed by atoms with E-state index >= 15 is 0 Å². The van der Waals surface area contributed by atoms with Gasteiger partial charge in [0.05, 0.1) is 11.3 Å². The molecule has 0 saturated heterocycles. The van der Waals surface area contributed by atoms with Crippen LogP contribution in [0.4, 0.5) is 11.4 Å². The number of amides is 1. The fraction of sp³-hybridized carbons (Fsp3) is 0.235. The summed E-state index contributed by atoms with van der Waals surface area (Å²) in [5, 5.41) is 2.75. The zero-order chi connectivity index (χ0) is 17.7. The normalized spacial score (nSPS) is 11.5. The molecule has 0 saturated carbocycles. The average Bonchev–Trinajstić information content (AvgIpc) is 2.56. The van der Waals surface area contributed by atoms with Crippen LogP contribution in [-0.2, 0) is 9.53 Å². The second kappa shape index (κ2) is 7.79. The lowest BCUT2D eigenvalue weighted by atomic mass is 10.2. The van der Waals surface area contributed by atoms with Gasteiger partial charge < -0.3 is 15.0 Å². The van der Waals surface area contributed by atoms with Crippen molar-refractivity contribution < 1.29 is 14.3 Å². The first kappa shape index (κ1) is 17.7. The Balaban J connectivity index is 2.02. The number of ether oxygens (including phenoxy) is 1. The lowest BCUT2D eigenvalue weighted by molar-refractivity contribution is -0.123. The molecule has 0 aliphatic heterocycles. The molecule has 1 N–H and O–H groups in total. The number of nitrogens with one attached hydrogen (secondary N) is 1. The lowest BCUT2D eigenvalue weighted by Crippen LogP contribution is -2.30. The number of rotatable bonds is 5. The fourth-order valence-corrected chi connectivity index (χ4v) is 2.07. The molecule has 24 heavy (non-hydrogen) atoms. The molecule has 2 rings (SSSR count). The van der Waals surface area contributed by atoms with Crippen LogP contribution in [0.1, 0.15) is 17.3 Å². The number of hydrogen-bond donors (Lipinski definition) is 1. The number of aromatic nitrogens is 1. The molecule has 7 heteroatoms. The number of pyridine rings is 1. The van der Waals surface area contributed by atoms with Gasteiger partial charge in [-0.3, -0.25) is 4.79 Å². The molecule has 1 aromatic carbocycles. The van der Waals surface area contributed by atoms with Crippen LogP contribution in [0.5, 0.6) is 0 Å². The quantitative estimate of drug-likeness (QED) is 0.665. The summed E-state index contributed by atoms with van der Waals surface area (Å²) in [7, 11) is 3.75. The second-order valence-corrected chi connectivity index (χ2v) is 5.68. The van der Waals surface area contributed by atoms with E-state index in [9.17, 15) is 9.59 Å². The summed E-state index contributed by atoms with van der Waals surface area (Å²) in [6.45, 7) is 1.49. The Morgan fingerprint density at radius 1 is 1.25 bits per heavy atom. The largest absolute Gasteiger partial charge is 0.449 e. The molecule has 2 aromatic rings. The topological polar surface area (TPSA) is 71.5 Å². The maximum absolute atomic E-state index is 12.2. The molecule has 1 heterocycles. The summed E-state index contributed by atoms with van der Waals surface area (Å²) in [6, 6.07) is 10.2. The summed E-state index contributed by atoms with van der Waals surface area (Å²) in [5.74, 6) is -1.05. The minimum atomic E-state index is -0.975. The van der Waals surface area contributed by atoms with Gasteiger partial charge in [-0.25, -0.2) is 9.78 Å². The van der Waals surface area contributed by atoms with Gasteiger partial charge in [0.25, 0.3) is 5.91 Å². The summed E-state index contributed by atoms with van der Waals surface area (Å²) in [5.41, 5.74) is 1.60. The van der Waals surface area contributed by atoms with E-state index in [1.165, 1.54) is 13.1 Å². The van der Waals surface area contributed by atoms with Crippen molar-refractivity contribution in [1.29, 1.82) is 0 Å². The highest BCUT2D eigenvalue weighted by atomic mass is 35.5. The molecule has 126 valence electrons. The molecular formula is C17H18ClN3O3. The molecular weight excluding hydrogens is 330 g/mol. The van der Waals surface area contributed by atoms with Crippen LogP contribution >= 0.6 is 11.6 Å². The zero-order valence-electron chi connectivity index (χ0n) is 13.6. The van der Waals surface area contributed by atoms with Crippen molar-refractivity contribution in [2.75, 3.05) is 24.3 Å². The van der Waals surface area contributed by atoms with Gasteiger partial charge in [-0.2, -0.15) is 0 Å². The van der Waals surface area contributed by atoms with Crippen molar-refractivity contribution in [2.24, 2.45) is 0 Å². The van der Waals surface area contributed by atoms with E-state index in [0.29, 0.717) is 11.3 Å². The number of halogens is 1. The Morgan fingerprint density at radius 3 is 2.67 bits per heavy atom. The molecule has 1 atom stereocenters. The highest BCUT2D eigenvalue weighted by Gasteiger charge is 2.20. The number of benzene rings is 1. The molecule has 1 unspecified atom stereocenters. The maximum atomic E-state index is 12.2. The van der Waals surface area contributed by atoms with E-state index in [4.69, 9.17) is 16.3 Å². The second-order valence-electron chi connectivity index (χ2n) is 5.32. The molecule has 0 radical (unpaired) electrons. The van der Waals surface area contributed by atoms with Gasteiger partial charge in [0.15, 0.2) is 11.3 Å². The van der Waals surface area contributed by atoms with Crippen molar-refractivity contribution in [1.82, 2.24) is 4.98 Å². The molecule has 0 aliphatic carbocycles. The molecule has 0 fully saturated rings. The van der Waals surface area contributed by atoms with Gasteiger partial charge in [0.2, 0.25) is 0 Å². The first-order valence-electron chi connectivity index (χ1n) is 7.28. The van der Waals surface area contributed by atoms with E-state index in [1.54, 1.807) is 30.3 Å². The van der Waals surface area contributed by atoms with Gasteiger partial charge in [-0.1, -0.05) is 17.7 Å².